The van der Waals surface area contributed by atoms with Crippen molar-refractivity contribution in [1.82, 2.24) is 0 Å². The molecule has 0 unspecified atom stereocenters. The lowest BCUT2D eigenvalue weighted by atomic mass is 9.99. The molecule has 1 atom stereocenters. The van der Waals surface area contributed by atoms with Gasteiger partial charge in [-0.3, -0.25) is 9.59 Å². The molecule has 2 fully saturated rings. The van der Waals surface area contributed by atoms with Crippen LogP contribution < -0.4 is 15.1 Å². The largest absolute Gasteiger partial charge is 0.372 e. The summed E-state index contributed by atoms with van der Waals surface area (Å²) in [6.07, 6.45) is 2.71. The van der Waals surface area contributed by atoms with Crippen LogP contribution >= 0.6 is 0 Å². The predicted octanol–water partition coefficient (Wildman–Crippen LogP) is 3.91. The Morgan fingerprint density at radius 3 is 2.32 bits per heavy atom. The number of carbonyl (C=O) groups excluding carboxylic acids is 2. The summed E-state index contributed by atoms with van der Waals surface area (Å²) < 4.78 is 0. The zero-order valence-corrected chi connectivity index (χ0v) is 16.3. The van der Waals surface area contributed by atoms with E-state index >= 15 is 0 Å². The van der Waals surface area contributed by atoms with Gasteiger partial charge in [-0.2, -0.15) is 0 Å². The third-order valence-electron chi connectivity index (χ3n) is 5.85. The third kappa shape index (κ3) is 4.03. The summed E-state index contributed by atoms with van der Waals surface area (Å²) in [4.78, 5) is 29.1. The summed E-state index contributed by atoms with van der Waals surface area (Å²) in [7, 11) is 0. The van der Waals surface area contributed by atoms with E-state index in [1.165, 1.54) is 18.5 Å². The average molecular weight is 377 g/mol. The van der Waals surface area contributed by atoms with Crippen LogP contribution in [0.3, 0.4) is 0 Å². The molecule has 2 heterocycles. The lowest BCUT2D eigenvalue weighted by molar-refractivity contribution is -0.122. The third-order valence-corrected chi connectivity index (χ3v) is 5.85. The van der Waals surface area contributed by atoms with Crippen LogP contribution in [0.1, 0.15) is 26.2 Å². The molecule has 0 aromatic heterocycles. The molecule has 5 nitrogen and oxygen atoms in total. The van der Waals surface area contributed by atoms with Crippen LogP contribution in [0.2, 0.25) is 0 Å². The van der Waals surface area contributed by atoms with E-state index in [1.807, 2.05) is 42.5 Å². The molecule has 146 valence electrons. The van der Waals surface area contributed by atoms with Gasteiger partial charge in [-0.05, 0) is 55.2 Å². The monoisotopic (exact) mass is 377 g/mol. The maximum Gasteiger partial charge on any atom is 0.229 e. The molecule has 1 N–H and O–H groups in total. The van der Waals surface area contributed by atoms with Crippen molar-refractivity contribution in [3.8, 4) is 0 Å². The fourth-order valence-electron chi connectivity index (χ4n) is 4.01. The van der Waals surface area contributed by atoms with Gasteiger partial charge < -0.3 is 15.1 Å². The van der Waals surface area contributed by atoms with Gasteiger partial charge in [0.25, 0.3) is 0 Å². The van der Waals surface area contributed by atoms with Crippen molar-refractivity contribution in [1.29, 1.82) is 0 Å². The number of rotatable bonds is 4. The normalized spacial score (nSPS) is 20.5. The molecule has 2 saturated heterocycles. The lowest BCUT2D eigenvalue weighted by Crippen LogP contribution is -2.32. The van der Waals surface area contributed by atoms with Crippen molar-refractivity contribution in [2.24, 2.45) is 11.8 Å². The van der Waals surface area contributed by atoms with Gasteiger partial charge in [0.05, 0.1) is 5.92 Å². The molecule has 0 spiro atoms. The number of hydrogen-bond donors (Lipinski definition) is 1. The van der Waals surface area contributed by atoms with E-state index in [9.17, 15) is 9.59 Å². The molecule has 5 heteroatoms. The Morgan fingerprint density at radius 1 is 0.964 bits per heavy atom. The van der Waals surface area contributed by atoms with Gasteiger partial charge in [0.15, 0.2) is 0 Å². The minimum Gasteiger partial charge on any atom is -0.372 e. The summed E-state index contributed by atoms with van der Waals surface area (Å²) in [6.45, 7) is 4.92. The lowest BCUT2D eigenvalue weighted by Gasteiger charge is -2.32. The SMILES string of the molecule is CC1CCN(c2ccc(NC(=O)[C@H]3CC(=O)N(c4ccccc4)C3)cc2)CC1. The zero-order valence-electron chi connectivity index (χ0n) is 16.3. The summed E-state index contributed by atoms with van der Waals surface area (Å²) in [5.41, 5.74) is 2.84. The van der Waals surface area contributed by atoms with Gasteiger partial charge in [-0.1, -0.05) is 25.1 Å². The molecule has 2 aromatic rings. The molecule has 2 aliphatic heterocycles. The highest BCUT2D eigenvalue weighted by Crippen LogP contribution is 2.27. The smallest absolute Gasteiger partial charge is 0.229 e. The second-order valence-corrected chi connectivity index (χ2v) is 7.95. The highest BCUT2D eigenvalue weighted by atomic mass is 16.2. The summed E-state index contributed by atoms with van der Waals surface area (Å²) in [5.74, 6) is 0.391. The Morgan fingerprint density at radius 2 is 1.64 bits per heavy atom. The highest BCUT2D eigenvalue weighted by molar-refractivity contribution is 6.03. The Kier molecular flexibility index (Phi) is 5.33. The maximum atomic E-state index is 12.7. The molecular formula is C23H27N3O2. The van der Waals surface area contributed by atoms with Crippen molar-refractivity contribution < 1.29 is 9.59 Å². The van der Waals surface area contributed by atoms with Crippen molar-refractivity contribution in [2.45, 2.75) is 26.2 Å². The Balaban J connectivity index is 1.35. The molecular weight excluding hydrogens is 350 g/mol. The molecule has 28 heavy (non-hydrogen) atoms. The molecule has 0 radical (unpaired) electrons. The number of benzene rings is 2. The molecule has 2 amide bonds. The van der Waals surface area contributed by atoms with Crippen LogP contribution in [-0.4, -0.2) is 31.4 Å². The first-order valence-corrected chi connectivity index (χ1v) is 10.1. The van der Waals surface area contributed by atoms with Crippen molar-refractivity contribution in [3.05, 3.63) is 54.6 Å². The average Bonchev–Trinajstić information content (AvgIpc) is 3.12. The van der Waals surface area contributed by atoms with Crippen LogP contribution in [0, 0.1) is 11.8 Å². The molecule has 4 rings (SSSR count). The topological polar surface area (TPSA) is 52.7 Å². The minimum atomic E-state index is -0.323. The second kappa shape index (κ2) is 8.05. The van der Waals surface area contributed by atoms with Gasteiger partial charge in [0.2, 0.25) is 11.8 Å². The van der Waals surface area contributed by atoms with Crippen LogP contribution in [-0.2, 0) is 9.59 Å². The number of carbonyl (C=O) groups is 2. The first-order chi connectivity index (χ1) is 13.6. The Labute approximate surface area is 166 Å². The van der Waals surface area contributed by atoms with Crippen molar-refractivity contribution in [2.75, 3.05) is 34.8 Å². The number of anilines is 3. The maximum absolute atomic E-state index is 12.7. The fourth-order valence-corrected chi connectivity index (χ4v) is 4.01. The number of para-hydroxylation sites is 1. The number of piperidine rings is 1. The highest BCUT2D eigenvalue weighted by Gasteiger charge is 2.35. The quantitative estimate of drug-likeness (QED) is 0.879. The second-order valence-electron chi connectivity index (χ2n) is 7.95. The van der Waals surface area contributed by atoms with Gasteiger partial charge in [0, 0.05) is 43.1 Å². The molecule has 2 aliphatic rings. The van der Waals surface area contributed by atoms with E-state index in [0.717, 1.165) is 30.4 Å². The molecule has 0 saturated carbocycles. The van der Waals surface area contributed by atoms with E-state index in [-0.39, 0.29) is 24.2 Å². The summed E-state index contributed by atoms with van der Waals surface area (Å²) in [6, 6.07) is 17.6. The first kappa shape index (κ1) is 18.5. The van der Waals surface area contributed by atoms with E-state index in [2.05, 4.69) is 29.3 Å². The Hall–Kier alpha value is -2.82. The van der Waals surface area contributed by atoms with Gasteiger partial charge >= 0.3 is 0 Å². The Bertz CT molecular complexity index is 827. The summed E-state index contributed by atoms with van der Waals surface area (Å²) >= 11 is 0. The van der Waals surface area contributed by atoms with Crippen LogP contribution in [0.25, 0.3) is 0 Å². The zero-order chi connectivity index (χ0) is 19.5. The molecule has 2 aromatic carbocycles. The van der Waals surface area contributed by atoms with E-state index in [1.54, 1.807) is 4.90 Å². The van der Waals surface area contributed by atoms with Crippen LogP contribution in [0.15, 0.2) is 54.6 Å². The molecule has 0 aliphatic carbocycles. The van der Waals surface area contributed by atoms with Crippen LogP contribution in [0.4, 0.5) is 17.1 Å². The van der Waals surface area contributed by atoms with E-state index in [0.29, 0.717) is 6.54 Å². The fraction of sp³-hybridized carbons (Fsp3) is 0.391. The number of amides is 2. The number of hydrogen-bond acceptors (Lipinski definition) is 3. The summed E-state index contributed by atoms with van der Waals surface area (Å²) in [5, 5.41) is 2.98. The van der Waals surface area contributed by atoms with E-state index < -0.39 is 0 Å². The van der Waals surface area contributed by atoms with Gasteiger partial charge in [-0.15, -0.1) is 0 Å². The number of nitrogens with one attached hydrogen (secondary N) is 1. The standard InChI is InChI=1S/C23H27N3O2/c1-17-11-13-25(14-12-17)20-9-7-19(8-10-20)24-23(28)18-15-22(27)26(16-18)21-5-3-2-4-6-21/h2-10,17-18H,11-16H2,1H3,(H,24,28)/t18-/m0/s1. The van der Waals surface area contributed by atoms with Gasteiger partial charge in [-0.25, -0.2) is 0 Å². The molecule has 0 bridgehead atoms. The van der Waals surface area contributed by atoms with Crippen molar-refractivity contribution >= 4 is 28.9 Å². The van der Waals surface area contributed by atoms with E-state index in [4.69, 9.17) is 0 Å². The number of nitrogens with zero attached hydrogens (tertiary/aromatic N) is 2. The minimum absolute atomic E-state index is 0.000949. The van der Waals surface area contributed by atoms with Gasteiger partial charge in [0.1, 0.15) is 0 Å². The van der Waals surface area contributed by atoms with Crippen molar-refractivity contribution in [3.63, 3.8) is 0 Å². The van der Waals surface area contributed by atoms with Crippen LogP contribution in [0.5, 0.6) is 0 Å². The predicted molar refractivity (Wildman–Crippen MR) is 113 cm³/mol. The first-order valence-electron chi connectivity index (χ1n) is 10.1.